The van der Waals surface area contributed by atoms with Crippen molar-refractivity contribution in [1.29, 1.82) is 0 Å². The van der Waals surface area contributed by atoms with Gasteiger partial charge < -0.3 is 0 Å². The topological polar surface area (TPSA) is 46.2 Å². The first-order valence-electron chi connectivity index (χ1n) is 4.71. The summed E-state index contributed by atoms with van der Waals surface area (Å²) in [5.74, 6) is 0.152. The fourth-order valence-electron chi connectivity index (χ4n) is 1.19. The Balaban J connectivity index is 2.94. The lowest BCUT2D eigenvalue weighted by atomic mass is 10.2. The van der Waals surface area contributed by atoms with Crippen molar-refractivity contribution in [2.45, 2.75) is 20.3 Å². The number of rotatable bonds is 4. The zero-order valence-corrected chi connectivity index (χ0v) is 11.2. The van der Waals surface area contributed by atoms with Gasteiger partial charge in [-0.1, -0.05) is 28.9 Å². The molecular weight excluding hydrogens is 278 g/mol. The molecule has 0 heterocycles. The highest BCUT2D eigenvalue weighted by molar-refractivity contribution is 9.10. The molecule has 0 amide bonds. The largest absolute Gasteiger partial charge is 0.283 e. The SMILES string of the molecule is CCCS(=O)(=O)Nc1cc(Br)ccc1C. The van der Waals surface area contributed by atoms with Crippen LogP contribution in [0.4, 0.5) is 5.69 Å². The summed E-state index contributed by atoms with van der Waals surface area (Å²) in [7, 11) is -3.19. The van der Waals surface area contributed by atoms with Gasteiger partial charge in [0.05, 0.1) is 11.4 Å². The van der Waals surface area contributed by atoms with Crippen molar-refractivity contribution in [3.05, 3.63) is 28.2 Å². The summed E-state index contributed by atoms with van der Waals surface area (Å²) < 4.78 is 26.5. The third-order valence-corrected chi connectivity index (χ3v) is 3.91. The first-order valence-corrected chi connectivity index (χ1v) is 7.16. The summed E-state index contributed by atoms with van der Waals surface area (Å²) in [6.45, 7) is 3.71. The van der Waals surface area contributed by atoms with Crippen molar-refractivity contribution in [2.75, 3.05) is 10.5 Å². The number of nitrogens with one attached hydrogen (secondary N) is 1. The van der Waals surface area contributed by atoms with Crippen molar-refractivity contribution < 1.29 is 8.42 Å². The highest BCUT2D eigenvalue weighted by Gasteiger charge is 2.10. The van der Waals surface area contributed by atoms with E-state index >= 15 is 0 Å². The molecular formula is C10H14BrNO2S. The number of halogens is 1. The molecule has 1 aromatic rings. The summed E-state index contributed by atoms with van der Waals surface area (Å²) in [4.78, 5) is 0. The molecule has 5 heteroatoms. The van der Waals surface area contributed by atoms with Gasteiger partial charge in [-0.05, 0) is 31.0 Å². The molecule has 0 aliphatic carbocycles. The molecule has 0 saturated heterocycles. The minimum Gasteiger partial charge on any atom is -0.283 e. The maximum atomic E-state index is 11.5. The van der Waals surface area contributed by atoms with E-state index in [2.05, 4.69) is 20.7 Å². The van der Waals surface area contributed by atoms with Gasteiger partial charge in [0, 0.05) is 4.47 Å². The second-order valence-electron chi connectivity index (χ2n) is 3.38. The zero-order chi connectivity index (χ0) is 11.5. The Morgan fingerprint density at radius 3 is 2.67 bits per heavy atom. The highest BCUT2D eigenvalue weighted by atomic mass is 79.9. The van der Waals surface area contributed by atoms with Gasteiger partial charge in [-0.3, -0.25) is 4.72 Å². The molecule has 0 aliphatic heterocycles. The van der Waals surface area contributed by atoms with E-state index in [0.29, 0.717) is 12.1 Å². The van der Waals surface area contributed by atoms with Crippen LogP contribution in [0.3, 0.4) is 0 Å². The summed E-state index contributed by atoms with van der Waals surface area (Å²) in [6.07, 6.45) is 0.613. The fourth-order valence-corrected chi connectivity index (χ4v) is 2.75. The van der Waals surface area contributed by atoms with Crippen LogP contribution in [0.5, 0.6) is 0 Å². The number of hydrogen-bond donors (Lipinski definition) is 1. The third kappa shape index (κ3) is 3.83. The van der Waals surface area contributed by atoms with Crippen molar-refractivity contribution in [3.8, 4) is 0 Å². The van der Waals surface area contributed by atoms with Gasteiger partial charge in [0.15, 0.2) is 0 Å². The number of benzene rings is 1. The normalized spacial score (nSPS) is 11.4. The van der Waals surface area contributed by atoms with Crippen LogP contribution in [-0.2, 0) is 10.0 Å². The lowest BCUT2D eigenvalue weighted by molar-refractivity contribution is 0.600. The van der Waals surface area contributed by atoms with E-state index in [0.717, 1.165) is 10.0 Å². The average Bonchev–Trinajstić information content (AvgIpc) is 2.10. The molecule has 0 radical (unpaired) electrons. The summed E-state index contributed by atoms with van der Waals surface area (Å²) in [6, 6.07) is 5.52. The van der Waals surface area contributed by atoms with Crippen molar-refractivity contribution in [3.63, 3.8) is 0 Å². The molecule has 0 atom stereocenters. The van der Waals surface area contributed by atoms with Crippen molar-refractivity contribution in [2.24, 2.45) is 0 Å². The monoisotopic (exact) mass is 291 g/mol. The Kier molecular flexibility index (Phi) is 4.16. The summed E-state index contributed by atoms with van der Waals surface area (Å²) in [5.41, 5.74) is 1.55. The van der Waals surface area contributed by atoms with Gasteiger partial charge in [-0.25, -0.2) is 8.42 Å². The lowest BCUT2D eigenvalue weighted by Crippen LogP contribution is -2.16. The zero-order valence-electron chi connectivity index (χ0n) is 8.75. The van der Waals surface area contributed by atoms with Gasteiger partial charge >= 0.3 is 0 Å². The van der Waals surface area contributed by atoms with Gasteiger partial charge in [-0.15, -0.1) is 0 Å². The molecule has 0 bridgehead atoms. The summed E-state index contributed by atoms with van der Waals surface area (Å²) in [5, 5.41) is 0. The van der Waals surface area contributed by atoms with E-state index in [9.17, 15) is 8.42 Å². The quantitative estimate of drug-likeness (QED) is 0.927. The second kappa shape index (κ2) is 4.99. The Hall–Kier alpha value is -0.550. The molecule has 1 rings (SSSR count). The van der Waals surface area contributed by atoms with Gasteiger partial charge in [-0.2, -0.15) is 0 Å². The maximum Gasteiger partial charge on any atom is 0.232 e. The van der Waals surface area contributed by atoms with Crippen LogP contribution in [-0.4, -0.2) is 14.2 Å². The van der Waals surface area contributed by atoms with E-state index in [1.165, 1.54) is 0 Å². The van der Waals surface area contributed by atoms with Crippen LogP contribution in [0.2, 0.25) is 0 Å². The number of hydrogen-bond acceptors (Lipinski definition) is 2. The Morgan fingerprint density at radius 1 is 1.40 bits per heavy atom. The molecule has 0 aromatic heterocycles. The number of anilines is 1. The van der Waals surface area contributed by atoms with E-state index in [4.69, 9.17) is 0 Å². The second-order valence-corrected chi connectivity index (χ2v) is 6.14. The van der Waals surface area contributed by atoms with Gasteiger partial charge in [0.1, 0.15) is 0 Å². The summed E-state index contributed by atoms with van der Waals surface area (Å²) >= 11 is 3.31. The van der Waals surface area contributed by atoms with Crippen LogP contribution in [0, 0.1) is 6.92 Å². The minimum absolute atomic E-state index is 0.152. The minimum atomic E-state index is -3.19. The number of aryl methyl sites for hydroxylation is 1. The Morgan fingerprint density at radius 2 is 2.07 bits per heavy atom. The smallest absolute Gasteiger partial charge is 0.232 e. The Labute approximate surface area is 99.1 Å². The van der Waals surface area contributed by atoms with Crippen LogP contribution in [0.1, 0.15) is 18.9 Å². The molecule has 0 unspecified atom stereocenters. The van der Waals surface area contributed by atoms with E-state index in [1.54, 1.807) is 6.07 Å². The fraction of sp³-hybridized carbons (Fsp3) is 0.400. The first kappa shape index (κ1) is 12.5. The molecule has 0 aliphatic rings. The standard InChI is InChI=1S/C10H14BrNO2S/c1-3-6-15(13,14)12-10-7-9(11)5-4-8(10)2/h4-5,7,12H,3,6H2,1-2H3. The lowest BCUT2D eigenvalue weighted by Gasteiger charge is -2.09. The van der Waals surface area contributed by atoms with E-state index in [1.807, 2.05) is 26.0 Å². The van der Waals surface area contributed by atoms with E-state index in [-0.39, 0.29) is 5.75 Å². The van der Waals surface area contributed by atoms with Crippen LogP contribution in [0.25, 0.3) is 0 Å². The van der Waals surface area contributed by atoms with Crippen LogP contribution in [0.15, 0.2) is 22.7 Å². The molecule has 0 spiro atoms. The first-order chi connectivity index (χ1) is 6.94. The van der Waals surface area contributed by atoms with Crippen molar-refractivity contribution in [1.82, 2.24) is 0 Å². The highest BCUT2D eigenvalue weighted by Crippen LogP contribution is 2.21. The maximum absolute atomic E-state index is 11.5. The van der Waals surface area contributed by atoms with Crippen LogP contribution >= 0.6 is 15.9 Å². The molecule has 3 nitrogen and oxygen atoms in total. The van der Waals surface area contributed by atoms with Gasteiger partial charge in [0.25, 0.3) is 0 Å². The third-order valence-electron chi connectivity index (χ3n) is 1.94. The molecule has 0 fully saturated rings. The van der Waals surface area contributed by atoms with E-state index < -0.39 is 10.0 Å². The van der Waals surface area contributed by atoms with Crippen LogP contribution < -0.4 is 4.72 Å². The molecule has 15 heavy (non-hydrogen) atoms. The predicted molar refractivity (Wildman–Crippen MR) is 66.6 cm³/mol. The number of sulfonamides is 1. The predicted octanol–water partition coefficient (Wildman–Crippen LogP) is 2.91. The molecule has 0 saturated carbocycles. The Bertz CT molecular complexity index is 443. The average molecular weight is 292 g/mol. The molecule has 1 aromatic carbocycles. The van der Waals surface area contributed by atoms with Gasteiger partial charge in [0.2, 0.25) is 10.0 Å². The molecule has 84 valence electrons. The van der Waals surface area contributed by atoms with Crippen molar-refractivity contribution >= 4 is 31.6 Å². The molecule has 1 N–H and O–H groups in total.